The third-order valence-corrected chi connectivity index (χ3v) is 3.13. The van der Waals surface area contributed by atoms with Gasteiger partial charge in [-0.05, 0) is 29.5 Å². The van der Waals surface area contributed by atoms with Crippen LogP contribution in [-0.4, -0.2) is 0 Å². The highest BCUT2D eigenvalue weighted by Gasteiger charge is 2.25. The largest absolute Gasteiger partial charge is 0.324 e. The summed E-state index contributed by atoms with van der Waals surface area (Å²) in [5, 5.41) is 8.81. The monoisotopic (exact) mass is 202 g/mol. The molecule has 80 valence electrons. The molecule has 1 atom stereocenters. The van der Waals surface area contributed by atoms with Gasteiger partial charge in [0.2, 0.25) is 0 Å². The Morgan fingerprint density at radius 3 is 2.67 bits per heavy atom. The lowest BCUT2D eigenvalue weighted by Crippen LogP contribution is -2.28. The lowest BCUT2D eigenvalue weighted by Gasteiger charge is -2.30. The zero-order chi connectivity index (χ0) is 11.5. The maximum absolute atomic E-state index is 8.81. The molecule has 0 fully saturated rings. The molecule has 2 nitrogen and oxygen atoms in total. The summed E-state index contributed by atoms with van der Waals surface area (Å²) in [6.07, 6.45) is 1.02. The normalized spacial score (nSPS) is 13.3. The first kappa shape index (κ1) is 11.7. The minimum Gasteiger partial charge on any atom is -0.324 e. The minimum atomic E-state index is -0.0178. The van der Waals surface area contributed by atoms with Gasteiger partial charge in [0, 0.05) is 6.04 Å². The van der Waals surface area contributed by atoms with E-state index >= 15 is 0 Å². The summed E-state index contributed by atoms with van der Waals surface area (Å²) in [6.45, 7) is 6.43. The third kappa shape index (κ3) is 2.57. The molecule has 0 saturated carbocycles. The van der Waals surface area contributed by atoms with Gasteiger partial charge >= 0.3 is 0 Å². The fraction of sp³-hybridized carbons (Fsp3) is 0.462. The summed E-state index contributed by atoms with van der Waals surface area (Å²) >= 11 is 0. The van der Waals surface area contributed by atoms with Gasteiger partial charge in [-0.25, -0.2) is 0 Å². The predicted octanol–water partition coefficient (Wildman–Crippen LogP) is 2.99. The number of nitrogens with two attached hydrogens (primary N) is 1. The van der Waals surface area contributed by atoms with E-state index in [0.29, 0.717) is 5.56 Å². The van der Waals surface area contributed by atoms with Crippen LogP contribution in [0.3, 0.4) is 0 Å². The van der Waals surface area contributed by atoms with Crippen molar-refractivity contribution in [3.05, 3.63) is 35.4 Å². The molecule has 0 radical (unpaired) electrons. The number of nitrogens with zero attached hydrogens (tertiary/aromatic N) is 1. The second kappa shape index (κ2) is 4.46. The Bertz CT molecular complexity index is 374. The number of benzene rings is 1. The molecule has 1 unspecified atom stereocenters. The average Bonchev–Trinajstić information content (AvgIpc) is 2.28. The quantitative estimate of drug-likeness (QED) is 0.819. The van der Waals surface area contributed by atoms with Crippen LogP contribution in [-0.2, 0) is 0 Å². The smallest absolute Gasteiger partial charge is 0.0991 e. The van der Waals surface area contributed by atoms with Crippen molar-refractivity contribution < 1.29 is 0 Å². The van der Waals surface area contributed by atoms with Crippen LogP contribution in [0.2, 0.25) is 0 Å². The van der Waals surface area contributed by atoms with Crippen molar-refractivity contribution in [3.63, 3.8) is 0 Å². The van der Waals surface area contributed by atoms with Crippen molar-refractivity contribution in [1.29, 1.82) is 5.26 Å². The van der Waals surface area contributed by atoms with Crippen molar-refractivity contribution in [2.45, 2.75) is 33.2 Å². The zero-order valence-corrected chi connectivity index (χ0v) is 9.62. The van der Waals surface area contributed by atoms with E-state index in [-0.39, 0.29) is 11.5 Å². The lowest BCUT2D eigenvalue weighted by atomic mass is 9.79. The van der Waals surface area contributed by atoms with Crippen molar-refractivity contribution >= 4 is 0 Å². The van der Waals surface area contributed by atoms with E-state index in [1.54, 1.807) is 6.07 Å². The van der Waals surface area contributed by atoms with Crippen molar-refractivity contribution in [2.75, 3.05) is 0 Å². The molecule has 0 amide bonds. The van der Waals surface area contributed by atoms with E-state index in [0.717, 1.165) is 12.0 Å². The Morgan fingerprint density at radius 2 is 2.13 bits per heavy atom. The molecule has 0 saturated heterocycles. The number of rotatable bonds is 3. The standard InChI is InChI=1S/C13H18N2/c1-4-13(2,3)12(15)11-7-5-6-10(8-11)9-14/h5-8,12H,4,15H2,1-3H3. The summed E-state index contributed by atoms with van der Waals surface area (Å²) in [7, 11) is 0. The molecule has 0 aliphatic heterocycles. The van der Waals surface area contributed by atoms with E-state index in [1.165, 1.54) is 0 Å². The Kier molecular flexibility index (Phi) is 3.49. The molecule has 0 aromatic heterocycles. The van der Waals surface area contributed by atoms with Crippen LogP contribution in [0.25, 0.3) is 0 Å². The van der Waals surface area contributed by atoms with Gasteiger partial charge < -0.3 is 5.73 Å². The van der Waals surface area contributed by atoms with Crippen molar-refractivity contribution in [3.8, 4) is 6.07 Å². The van der Waals surface area contributed by atoms with E-state index in [9.17, 15) is 0 Å². The Hall–Kier alpha value is -1.33. The summed E-state index contributed by atoms with van der Waals surface area (Å²) in [4.78, 5) is 0. The molecule has 0 heterocycles. The van der Waals surface area contributed by atoms with Gasteiger partial charge in [-0.15, -0.1) is 0 Å². The lowest BCUT2D eigenvalue weighted by molar-refractivity contribution is 0.278. The van der Waals surface area contributed by atoms with Crippen LogP contribution in [0.15, 0.2) is 24.3 Å². The van der Waals surface area contributed by atoms with Gasteiger partial charge in [-0.2, -0.15) is 5.26 Å². The Morgan fingerprint density at radius 1 is 1.47 bits per heavy atom. The van der Waals surface area contributed by atoms with E-state index < -0.39 is 0 Å². The molecule has 1 aromatic carbocycles. The summed E-state index contributed by atoms with van der Waals surface area (Å²) in [5.41, 5.74) is 7.98. The van der Waals surface area contributed by atoms with Crippen LogP contribution in [0.1, 0.15) is 44.4 Å². The zero-order valence-electron chi connectivity index (χ0n) is 9.62. The molecule has 0 aliphatic rings. The van der Waals surface area contributed by atoms with Gasteiger partial charge in [0.1, 0.15) is 0 Å². The fourth-order valence-corrected chi connectivity index (χ4v) is 1.47. The number of hydrogen-bond donors (Lipinski definition) is 1. The van der Waals surface area contributed by atoms with Crippen LogP contribution < -0.4 is 5.73 Å². The maximum atomic E-state index is 8.81. The minimum absolute atomic E-state index is 0.0178. The highest BCUT2D eigenvalue weighted by atomic mass is 14.7. The molecule has 1 rings (SSSR count). The van der Waals surface area contributed by atoms with Crippen molar-refractivity contribution in [1.82, 2.24) is 0 Å². The molecule has 0 spiro atoms. The molecular formula is C13H18N2. The molecule has 2 heteroatoms. The molecule has 0 bridgehead atoms. The first-order chi connectivity index (χ1) is 7.01. The fourth-order valence-electron chi connectivity index (χ4n) is 1.47. The first-order valence-electron chi connectivity index (χ1n) is 5.27. The number of hydrogen-bond acceptors (Lipinski definition) is 2. The first-order valence-corrected chi connectivity index (χ1v) is 5.27. The van der Waals surface area contributed by atoms with Gasteiger partial charge in [-0.1, -0.05) is 32.9 Å². The Labute approximate surface area is 91.7 Å². The number of nitriles is 1. The van der Waals surface area contributed by atoms with Crippen LogP contribution in [0, 0.1) is 16.7 Å². The average molecular weight is 202 g/mol. The highest BCUT2D eigenvalue weighted by molar-refractivity contribution is 5.34. The SMILES string of the molecule is CCC(C)(C)C(N)c1cccc(C#N)c1. The summed E-state index contributed by atoms with van der Waals surface area (Å²) in [6, 6.07) is 9.67. The summed E-state index contributed by atoms with van der Waals surface area (Å²) in [5.74, 6) is 0. The van der Waals surface area contributed by atoms with Crippen LogP contribution >= 0.6 is 0 Å². The van der Waals surface area contributed by atoms with Crippen molar-refractivity contribution in [2.24, 2.45) is 11.1 Å². The highest BCUT2D eigenvalue weighted by Crippen LogP contribution is 2.34. The van der Waals surface area contributed by atoms with E-state index in [4.69, 9.17) is 11.0 Å². The van der Waals surface area contributed by atoms with Gasteiger partial charge in [-0.3, -0.25) is 0 Å². The molecular weight excluding hydrogens is 184 g/mol. The van der Waals surface area contributed by atoms with E-state index in [1.807, 2.05) is 18.2 Å². The van der Waals surface area contributed by atoms with Gasteiger partial charge in [0.05, 0.1) is 11.6 Å². The topological polar surface area (TPSA) is 49.8 Å². The van der Waals surface area contributed by atoms with Crippen LogP contribution in [0.5, 0.6) is 0 Å². The molecule has 0 aliphatic carbocycles. The Balaban J connectivity index is 3.02. The van der Waals surface area contributed by atoms with Gasteiger partial charge in [0.15, 0.2) is 0 Å². The third-order valence-electron chi connectivity index (χ3n) is 3.13. The van der Waals surface area contributed by atoms with E-state index in [2.05, 4.69) is 26.8 Å². The molecule has 15 heavy (non-hydrogen) atoms. The predicted molar refractivity (Wildman–Crippen MR) is 62.2 cm³/mol. The van der Waals surface area contributed by atoms with Gasteiger partial charge in [0.25, 0.3) is 0 Å². The van der Waals surface area contributed by atoms with Crippen LogP contribution in [0.4, 0.5) is 0 Å². The second-order valence-corrected chi connectivity index (χ2v) is 4.56. The second-order valence-electron chi connectivity index (χ2n) is 4.56. The molecule has 1 aromatic rings. The molecule has 2 N–H and O–H groups in total. The maximum Gasteiger partial charge on any atom is 0.0991 e. The summed E-state index contributed by atoms with van der Waals surface area (Å²) < 4.78 is 0.